The summed E-state index contributed by atoms with van der Waals surface area (Å²) in [7, 11) is 1.43. The smallest absolute Gasteiger partial charge is 0.342 e. The van der Waals surface area contributed by atoms with Gasteiger partial charge < -0.3 is 25.4 Å². The molecule has 148 valence electrons. The predicted molar refractivity (Wildman–Crippen MR) is 96.9 cm³/mol. The van der Waals surface area contributed by atoms with Crippen LogP contribution in [-0.4, -0.2) is 60.9 Å². The van der Waals surface area contributed by atoms with E-state index in [4.69, 9.17) is 15.2 Å². The van der Waals surface area contributed by atoms with Crippen LogP contribution < -0.4 is 15.8 Å². The number of hydrogen-bond donors (Lipinski definition) is 2. The van der Waals surface area contributed by atoms with E-state index in [9.17, 15) is 19.2 Å². The Bertz CT molecular complexity index is 711. The number of rotatable bonds is 8. The highest BCUT2D eigenvalue weighted by Gasteiger charge is 2.20. The van der Waals surface area contributed by atoms with Crippen LogP contribution in [0.4, 0.5) is 0 Å². The zero-order chi connectivity index (χ0) is 20.6. The third kappa shape index (κ3) is 8.21. The second-order valence-electron chi connectivity index (χ2n) is 6.88. The number of nitrogens with two attached hydrogens (primary N) is 1. The summed E-state index contributed by atoms with van der Waals surface area (Å²) in [4.78, 5) is 48.0. The number of benzene rings is 1. The molecule has 0 fully saturated rings. The summed E-state index contributed by atoms with van der Waals surface area (Å²) in [6.07, 6.45) is 0. The first kappa shape index (κ1) is 21.9. The fraction of sp³-hybridized carbons (Fsp3) is 0.444. The Balaban J connectivity index is 2.60. The molecule has 0 heterocycles. The maximum Gasteiger partial charge on any atom is 0.342 e. The number of primary amides is 1. The first-order valence-corrected chi connectivity index (χ1v) is 8.22. The first-order valence-electron chi connectivity index (χ1n) is 8.22. The zero-order valence-corrected chi connectivity index (χ0v) is 15.9. The number of amides is 3. The minimum atomic E-state index is -0.795. The van der Waals surface area contributed by atoms with Crippen LogP contribution in [0.2, 0.25) is 0 Å². The van der Waals surface area contributed by atoms with E-state index in [1.165, 1.54) is 19.2 Å². The number of hydrogen-bond acceptors (Lipinski definition) is 6. The average Bonchev–Trinajstić information content (AvgIpc) is 2.55. The van der Waals surface area contributed by atoms with Crippen LogP contribution in [0.5, 0.6) is 5.75 Å². The average molecular weight is 379 g/mol. The molecule has 3 amide bonds. The molecule has 27 heavy (non-hydrogen) atoms. The molecule has 3 N–H and O–H groups in total. The molecule has 0 spiro atoms. The fourth-order valence-corrected chi connectivity index (χ4v) is 1.99. The van der Waals surface area contributed by atoms with Crippen LogP contribution in [0.1, 0.15) is 31.1 Å². The van der Waals surface area contributed by atoms with Crippen molar-refractivity contribution in [2.45, 2.75) is 26.3 Å². The molecule has 0 aliphatic carbocycles. The number of para-hydroxylation sites is 1. The van der Waals surface area contributed by atoms with Crippen molar-refractivity contribution in [1.29, 1.82) is 0 Å². The number of nitrogens with zero attached hydrogens (tertiary/aromatic N) is 1. The van der Waals surface area contributed by atoms with Gasteiger partial charge in [-0.1, -0.05) is 12.1 Å². The van der Waals surface area contributed by atoms with Gasteiger partial charge in [0.2, 0.25) is 5.91 Å². The molecule has 1 aromatic carbocycles. The van der Waals surface area contributed by atoms with Gasteiger partial charge in [0.25, 0.3) is 11.8 Å². The van der Waals surface area contributed by atoms with Gasteiger partial charge in [-0.15, -0.1) is 0 Å². The lowest BCUT2D eigenvalue weighted by Crippen LogP contribution is -2.46. The molecular formula is C18H25N3O6. The summed E-state index contributed by atoms with van der Waals surface area (Å²) in [5.41, 5.74) is 4.65. The van der Waals surface area contributed by atoms with Crippen molar-refractivity contribution in [2.24, 2.45) is 5.73 Å². The van der Waals surface area contributed by atoms with Gasteiger partial charge in [-0.05, 0) is 32.9 Å². The molecule has 0 aromatic heterocycles. The van der Waals surface area contributed by atoms with E-state index in [0.717, 1.165) is 4.90 Å². The SMILES string of the molecule is CN(CC(=O)NC(C)(C)C)C(=O)COC(=O)c1ccccc1OCC(N)=O. The van der Waals surface area contributed by atoms with Crippen molar-refractivity contribution >= 4 is 23.7 Å². The Morgan fingerprint density at radius 2 is 1.74 bits per heavy atom. The minimum Gasteiger partial charge on any atom is -0.483 e. The van der Waals surface area contributed by atoms with Gasteiger partial charge in [-0.25, -0.2) is 4.79 Å². The number of nitrogens with one attached hydrogen (secondary N) is 1. The molecule has 0 unspecified atom stereocenters. The van der Waals surface area contributed by atoms with E-state index in [2.05, 4.69) is 5.32 Å². The van der Waals surface area contributed by atoms with Gasteiger partial charge >= 0.3 is 5.97 Å². The number of carbonyl (C=O) groups is 4. The standard InChI is InChI=1S/C18H25N3O6/c1-18(2,3)20-15(23)9-21(4)16(24)11-27-17(25)12-7-5-6-8-13(12)26-10-14(19)22/h5-8H,9-11H2,1-4H3,(H2,19,22)(H,20,23). The maximum atomic E-state index is 12.2. The van der Waals surface area contributed by atoms with Crippen LogP contribution in [0.25, 0.3) is 0 Å². The topological polar surface area (TPSA) is 128 Å². The normalized spacial score (nSPS) is 10.7. The Labute approximate surface area is 157 Å². The van der Waals surface area contributed by atoms with E-state index in [-0.39, 0.29) is 23.8 Å². The molecule has 0 aliphatic heterocycles. The van der Waals surface area contributed by atoms with Crippen LogP contribution in [0, 0.1) is 0 Å². The Hall–Kier alpha value is -3.10. The van der Waals surface area contributed by atoms with Gasteiger partial charge in [0.05, 0.1) is 6.54 Å². The quantitative estimate of drug-likeness (QED) is 0.616. The van der Waals surface area contributed by atoms with E-state index in [0.29, 0.717) is 0 Å². The third-order valence-electron chi connectivity index (χ3n) is 3.12. The van der Waals surface area contributed by atoms with Gasteiger partial charge in [0, 0.05) is 12.6 Å². The predicted octanol–water partition coefficient (Wildman–Crippen LogP) is 0.0806. The summed E-state index contributed by atoms with van der Waals surface area (Å²) in [6, 6.07) is 6.10. The summed E-state index contributed by atoms with van der Waals surface area (Å²) in [5, 5.41) is 2.73. The Kier molecular flexibility index (Phi) is 7.77. The molecule has 1 aromatic rings. The Morgan fingerprint density at radius 3 is 2.33 bits per heavy atom. The highest BCUT2D eigenvalue weighted by atomic mass is 16.5. The number of carbonyl (C=O) groups excluding carboxylic acids is 4. The molecule has 0 saturated carbocycles. The molecule has 0 aliphatic rings. The monoisotopic (exact) mass is 379 g/mol. The lowest BCUT2D eigenvalue weighted by Gasteiger charge is -2.23. The zero-order valence-electron chi connectivity index (χ0n) is 15.9. The van der Waals surface area contributed by atoms with Gasteiger partial charge in [0.15, 0.2) is 13.2 Å². The minimum absolute atomic E-state index is 0.0553. The highest BCUT2D eigenvalue weighted by Crippen LogP contribution is 2.18. The van der Waals surface area contributed by atoms with Crippen LogP contribution in [0.3, 0.4) is 0 Å². The van der Waals surface area contributed by atoms with Crippen molar-refractivity contribution in [2.75, 3.05) is 26.8 Å². The Morgan fingerprint density at radius 1 is 1.11 bits per heavy atom. The first-order chi connectivity index (χ1) is 12.5. The number of esters is 1. The van der Waals surface area contributed by atoms with E-state index < -0.39 is 36.5 Å². The third-order valence-corrected chi connectivity index (χ3v) is 3.12. The molecule has 1 rings (SSSR count). The van der Waals surface area contributed by atoms with Crippen LogP contribution >= 0.6 is 0 Å². The molecule has 9 nitrogen and oxygen atoms in total. The van der Waals surface area contributed by atoms with Gasteiger partial charge in [-0.2, -0.15) is 0 Å². The maximum absolute atomic E-state index is 12.2. The van der Waals surface area contributed by atoms with Crippen molar-refractivity contribution in [3.8, 4) is 5.75 Å². The molecule has 0 saturated heterocycles. The number of ether oxygens (including phenoxy) is 2. The van der Waals surface area contributed by atoms with Gasteiger partial charge in [-0.3, -0.25) is 14.4 Å². The summed E-state index contributed by atoms with van der Waals surface area (Å²) in [5.74, 6) is -2.23. The van der Waals surface area contributed by atoms with E-state index in [1.54, 1.807) is 12.1 Å². The lowest BCUT2D eigenvalue weighted by molar-refractivity contribution is -0.137. The van der Waals surface area contributed by atoms with Crippen molar-refractivity contribution in [3.63, 3.8) is 0 Å². The van der Waals surface area contributed by atoms with Crippen LogP contribution in [-0.2, 0) is 19.1 Å². The number of likely N-dealkylation sites (N-methyl/N-ethyl adjacent to an activating group) is 1. The molecule has 0 bridgehead atoms. The molecule has 0 atom stereocenters. The summed E-state index contributed by atoms with van der Waals surface area (Å²) >= 11 is 0. The van der Waals surface area contributed by atoms with Crippen LogP contribution in [0.15, 0.2) is 24.3 Å². The van der Waals surface area contributed by atoms with E-state index in [1.807, 2.05) is 20.8 Å². The molecule has 0 radical (unpaired) electrons. The summed E-state index contributed by atoms with van der Waals surface area (Å²) in [6.45, 7) is 4.38. The lowest BCUT2D eigenvalue weighted by atomic mass is 10.1. The second-order valence-corrected chi connectivity index (χ2v) is 6.88. The van der Waals surface area contributed by atoms with E-state index >= 15 is 0 Å². The van der Waals surface area contributed by atoms with Gasteiger partial charge in [0.1, 0.15) is 11.3 Å². The van der Waals surface area contributed by atoms with Crippen molar-refractivity contribution in [3.05, 3.63) is 29.8 Å². The fourth-order valence-electron chi connectivity index (χ4n) is 1.99. The largest absolute Gasteiger partial charge is 0.483 e. The van der Waals surface area contributed by atoms with Crippen molar-refractivity contribution < 1.29 is 28.7 Å². The highest BCUT2D eigenvalue weighted by molar-refractivity contribution is 5.94. The molecular weight excluding hydrogens is 354 g/mol. The second kappa shape index (κ2) is 9.56. The molecule has 9 heteroatoms. The summed E-state index contributed by atoms with van der Waals surface area (Å²) < 4.78 is 10.1. The van der Waals surface area contributed by atoms with Crippen molar-refractivity contribution in [1.82, 2.24) is 10.2 Å².